The van der Waals surface area contributed by atoms with Crippen LogP contribution >= 0.6 is 0 Å². The summed E-state index contributed by atoms with van der Waals surface area (Å²) in [6, 6.07) is 7.38. The van der Waals surface area contributed by atoms with Crippen LogP contribution < -0.4 is 4.74 Å². The smallest absolute Gasteiger partial charge is 0.389 e. The van der Waals surface area contributed by atoms with Gasteiger partial charge in [-0.2, -0.15) is 13.2 Å². The highest BCUT2D eigenvalue weighted by Crippen LogP contribution is 2.32. The van der Waals surface area contributed by atoms with Gasteiger partial charge in [-0.05, 0) is 18.1 Å². The third-order valence-corrected chi connectivity index (χ3v) is 2.46. The van der Waals surface area contributed by atoms with E-state index in [1.807, 2.05) is 18.2 Å². The molecule has 0 aliphatic carbocycles. The second-order valence-electron chi connectivity index (χ2n) is 3.71. The molecule has 0 N–H and O–H groups in total. The predicted molar refractivity (Wildman–Crippen MR) is 49.9 cm³/mol. The van der Waals surface area contributed by atoms with Gasteiger partial charge in [-0.1, -0.05) is 18.2 Å². The molecule has 1 aromatic rings. The molecule has 0 spiro atoms. The Morgan fingerprint density at radius 3 is 2.67 bits per heavy atom. The zero-order valence-corrected chi connectivity index (χ0v) is 8.05. The van der Waals surface area contributed by atoms with E-state index in [0.29, 0.717) is 6.42 Å². The van der Waals surface area contributed by atoms with Gasteiger partial charge in [-0.25, -0.2) is 0 Å². The first-order chi connectivity index (χ1) is 7.04. The van der Waals surface area contributed by atoms with Gasteiger partial charge in [0.25, 0.3) is 0 Å². The molecule has 1 nitrogen and oxygen atoms in total. The molecule has 0 radical (unpaired) electrons. The van der Waals surface area contributed by atoms with Gasteiger partial charge in [0.05, 0.1) is 0 Å². The van der Waals surface area contributed by atoms with E-state index in [9.17, 15) is 13.2 Å². The number of halogens is 3. The van der Waals surface area contributed by atoms with Gasteiger partial charge < -0.3 is 4.74 Å². The fraction of sp³-hybridized carbons (Fsp3) is 0.455. The van der Waals surface area contributed by atoms with Crippen LogP contribution in [0.15, 0.2) is 24.3 Å². The molecular weight excluding hydrogens is 205 g/mol. The van der Waals surface area contributed by atoms with Gasteiger partial charge in [-0.3, -0.25) is 0 Å². The molecule has 1 aliphatic heterocycles. The Labute approximate surface area is 85.9 Å². The molecule has 15 heavy (non-hydrogen) atoms. The third kappa shape index (κ3) is 2.64. The molecule has 1 unspecified atom stereocenters. The summed E-state index contributed by atoms with van der Waals surface area (Å²) >= 11 is 0. The van der Waals surface area contributed by atoms with Gasteiger partial charge in [0, 0.05) is 12.8 Å². The van der Waals surface area contributed by atoms with Crippen molar-refractivity contribution in [2.75, 3.05) is 0 Å². The van der Waals surface area contributed by atoms with Crippen LogP contribution in [0.25, 0.3) is 0 Å². The van der Waals surface area contributed by atoms with E-state index in [1.54, 1.807) is 6.07 Å². The lowest BCUT2D eigenvalue weighted by atomic mass is 10.1. The van der Waals surface area contributed by atoms with Gasteiger partial charge in [-0.15, -0.1) is 0 Å². The van der Waals surface area contributed by atoms with Gasteiger partial charge in [0.15, 0.2) is 0 Å². The molecule has 1 aliphatic rings. The van der Waals surface area contributed by atoms with Crippen molar-refractivity contribution in [3.63, 3.8) is 0 Å². The highest BCUT2D eigenvalue weighted by atomic mass is 19.4. The van der Waals surface area contributed by atoms with E-state index in [-0.39, 0.29) is 12.5 Å². The lowest BCUT2D eigenvalue weighted by molar-refractivity contribution is -0.138. The SMILES string of the molecule is FC(F)(F)CCC1Cc2ccccc2O1. The lowest BCUT2D eigenvalue weighted by Crippen LogP contribution is -2.17. The second kappa shape index (κ2) is 3.76. The molecule has 1 atom stereocenters. The van der Waals surface area contributed by atoms with Crippen molar-refractivity contribution in [2.45, 2.75) is 31.5 Å². The monoisotopic (exact) mass is 216 g/mol. The maximum absolute atomic E-state index is 12.0. The average molecular weight is 216 g/mol. The standard InChI is InChI=1S/C11H11F3O/c12-11(13,14)6-5-9-7-8-3-1-2-4-10(8)15-9/h1-4,9H,5-7H2. The molecule has 0 fully saturated rings. The largest absolute Gasteiger partial charge is 0.490 e. The summed E-state index contributed by atoms with van der Waals surface area (Å²) in [6.45, 7) is 0. The summed E-state index contributed by atoms with van der Waals surface area (Å²) in [4.78, 5) is 0. The number of alkyl halides is 3. The van der Waals surface area contributed by atoms with Crippen molar-refractivity contribution in [3.8, 4) is 5.75 Å². The van der Waals surface area contributed by atoms with Crippen LogP contribution in [0.2, 0.25) is 0 Å². The van der Waals surface area contributed by atoms with E-state index in [2.05, 4.69) is 0 Å². The van der Waals surface area contributed by atoms with Crippen LogP contribution in [0.4, 0.5) is 13.2 Å². The van der Waals surface area contributed by atoms with E-state index in [4.69, 9.17) is 4.74 Å². The molecule has 0 saturated heterocycles. The minimum absolute atomic E-state index is 0.0399. The van der Waals surface area contributed by atoms with Crippen molar-refractivity contribution in [2.24, 2.45) is 0 Å². The number of fused-ring (bicyclic) bond motifs is 1. The Hall–Kier alpha value is -1.19. The van der Waals surface area contributed by atoms with Crippen LogP contribution in [0.5, 0.6) is 5.75 Å². The van der Waals surface area contributed by atoms with Gasteiger partial charge in [0.2, 0.25) is 0 Å². The molecule has 0 bridgehead atoms. The number of rotatable bonds is 2. The number of benzene rings is 1. The van der Waals surface area contributed by atoms with Crippen molar-refractivity contribution in [3.05, 3.63) is 29.8 Å². The number of hydrogen-bond acceptors (Lipinski definition) is 1. The molecule has 2 rings (SSSR count). The lowest BCUT2D eigenvalue weighted by Gasteiger charge is -2.11. The van der Waals surface area contributed by atoms with E-state index in [0.717, 1.165) is 11.3 Å². The number of para-hydroxylation sites is 1. The zero-order chi connectivity index (χ0) is 10.9. The van der Waals surface area contributed by atoms with Crippen molar-refractivity contribution >= 4 is 0 Å². The van der Waals surface area contributed by atoms with Crippen molar-refractivity contribution in [1.82, 2.24) is 0 Å². The quantitative estimate of drug-likeness (QED) is 0.736. The topological polar surface area (TPSA) is 9.23 Å². The minimum Gasteiger partial charge on any atom is -0.490 e. The number of ether oxygens (including phenoxy) is 1. The molecule has 0 amide bonds. The van der Waals surface area contributed by atoms with Crippen molar-refractivity contribution in [1.29, 1.82) is 0 Å². The number of hydrogen-bond donors (Lipinski definition) is 0. The van der Waals surface area contributed by atoms with Crippen LogP contribution in [-0.2, 0) is 6.42 Å². The summed E-state index contributed by atoms with van der Waals surface area (Å²) < 4.78 is 41.3. The highest BCUT2D eigenvalue weighted by molar-refractivity contribution is 5.37. The Morgan fingerprint density at radius 1 is 1.27 bits per heavy atom. The third-order valence-electron chi connectivity index (χ3n) is 2.46. The fourth-order valence-corrected chi connectivity index (χ4v) is 1.74. The maximum atomic E-state index is 12.0. The van der Waals surface area contributed by atoms with E-state index < -0.39 is 12.6 Å². The second-order valence-corrected chi connectivity index (χ2v) is 3.71. The molecule has 1 heterocycles. The predicted octanol–water partition coefficient (Wildman–Crippen LogP) is 3.33. The Bertz CT molecular complexity index is 321. The average Bonchev–Trinajstić information content (AvgIpc) is 2.56. The summed E-state index contributed by atoms with van der Waals surface area (Å²) in [7, 11) is 0. The van der Waals surface area contributed by atoms with Crippen LogP contribution in [0.3, 0.4) is 0 Å². The van der Waals surface area contributed by atoms with Gasteiger partial charge >= 0.3 is 6.18 Å². The van der Waals surface area contributed by atoms with E-state index in [1.165, 1.54) is 0 Å². The Kier molecular flexibility index (Phi) is 2.59. The summed E-state index contributed by atoms with van der Waals surface area (Å²) in [5.74, 6) is 0.727. The minimum atomic E-state index is -4.09. The summed E-state index contributed by atoms with van der Waals surface area (Å²) in [5, 5.41) is 0. The normalized spacial score (nSPS) is 19.8. The first-order valence-electron chi connectivity index (χ1n) is 4.86. The molecule has 1 aromatic carbocycles. The first kappa shape index (κ1) is 10.3. The Morgan fingerprint density at radius 2 is 2.00 bits per heavy atom. The molecular formula is C11H11F3O. The van der Waals surface area contributed by atoms with Crippen LogP contribution in [0.1, 0.15) is 18.4 Å². The molecule has 82 valence electrons. The molecule has 0 aromatic heterocycles. The Balaban J connectivity index is 1.91. The van der Waals surface area contributed by atoms with E-state index >= 15 is 0 Å². The highest BCUT2D eigenvalue weighted by Gasteiger charge is 2.31. The summed E-state index contributed by atoms with van der Waals surface area (Å²) in [6.07, 6.45) is -4.54. The van der Waals surface area contributed by atoms with Gasteiger partial charge in [0.1, 0.15) is 11.9 Å². The van der Waals surface area contributed by atoms with Crippen LogP contribution in [-0.4, -0.2) is 12.3 Å². The molecule has 0 saturated carbocycles. The zero-order valence-electron chi connectivity index (χ0n) is 8.05. The van der Waals surface area contributed by atoms with Crippen LogP contribution in [0, 0.1) is 0 Å². The maximum Gasteiger partial charge on any atom is 0.389 e. The fourth-order valence-electron chi connectivity index (χ4n) is 1.74. The molecule has 4 heteroatoms. The summed E-state index contributed by atoms with van der Waals surface area (Å²) in [5.41, 5.74) is 1.00. The van der Waals surface area contributed by atoms with Crippen molar-refractivity contribution < 1.29 is 17.9 Å². The first-order valence-corrected chi connectivity index (χ1v) is 4.86.